The van der Waals surface area contributed by atoms with E-state index in [1.807, 2.05) is 11.8 Å². The fourth-order valence-electron chi connectivity index (χ4n) is 4.89. The summed E-state index contributed by atoms with van der Waals surface area (Å²) >= 11 is 0. The smallest absolute Gasteiger partial charge is 0.257 e. The van der Waals surface area contributed by atoms with Crippen molar-refractivity contribution < 1.29 is 28.6 Å². The van der Waals surface area contributed by atoms with Gasteiger partial charge in [0.15, 0.2) is 0 Å². The van der Waals surface area contributed by atoms with Gasteiger partial charge in [0, 0.05) is 57.9 Å². The number of rotatable bonds is 5. The Bertz CT molecular complexity index is 901. The molecule has 0 unspecified atom stereocenters. The Labute approximate surface area is 208 Å². The molecule has 1 fully saturated rings. The number of fused-ring (bicyclic) bond motifs is 1. The molecule has 3 rings (SSSR count). The van der Waals surface area contributed by atoms with Gasteiger partial charge in [-0.3, -0.25) is 14.4 Å². The quantitative estimate of drug-likeness (QED) is 0.683. The number of carbonyl (C=O) groups is 3. The van der Waals surface area contributed by atoms with Crippen LogP contribution in [-0.4, -0.2) is 87.2 Å². The van der Waals surface area contributed by atoms with E-state index in [9.17, 15) is 14.4 Å². The lowest BCUT2D eigenvalue weighted by Crippen LogP contribution is -2.50. The summed E-state index contributed by atoms with van der Waals surface area (Å²) in [5.41, 5.74) is 0.893. The van der Waals surface area contributed by atoms with Gasteiger partial charge in [-0.15, -0.1) is 0 Å². The maximum Gasteiger partial charge on any atom is 0.257 e. The van der Waals surface area contributed by atoms with Crippen molar-refractivity contribution in [2.75, 3.05) is 52.9 Å². The van der Waals surface area contributed by atoms with E-state index in [1.54, 1.807) is 37.3 Å². The maximum absolute atomic E-state index is 13.5. The van der Waals surface area contributed by atoms with Crippen LogP contribution in [-0.2, 0) is 19.1 Å². The first kappa shape index (κ1) is 26.9. The largest absolute Gasteiger partial charge is 0.491 e. The molecule has 9 nitrogen and oxygen atoms in total. The molecule has 1 N–H and O–H groups in total. The molecule has 9 heteroatoms. The molecule has 1 heterocycles. The van der Waals surface area contributed by atoms with Crippen molar-refractivity contribution >= 4 is 23.4 Å². The molecule has 2 aliphatic rings. The van der Waals surface area contributed by atoms with Crippen molar-refractivity contribution in [2.45, 2.75) is 51.7 Å². The lowest BCUT2D eigenvalue weighted by Gasteiger charge is -2.37. The Kier molecular flexibility index (Phi) is 9.51. The number of amides is 3. The molecular weight excluding hydrogens is 450 g/mol. The lowest BCUT2D eigenvalue weighted by molar-refractivity contribution is -0.139. The monoisotopic (exact) mass is 489 g/mol. The van der Waals surface area contributed by atoms with Gasteiger partial charge in [0.2, 0.25) is 11.8 Å². The highest BCUT2D eigenvalue weighted by Crippen LogP contribution is 2.30. The van der Waals surface area contributed by atoms with Crippen LogP contribution in [0.5, 0.6) is 5.75 Å². The molecule has 1 saturated carbocycles. The zero-order valence-electron chi connectivity index (χ0n) is 21.5. The second-order valence-corrected chi connectivity index (χ2v) is 9.76. The van der Waals surface area contributed by atoms with Crippen molar-refractivity contribution in [1.29, 1.82) is 0 Å². The minimum Gasteiger partial charge on any atom is -0.491 e. The molecule has 0 saturated heterocycles. The van der Waals surface area contributed by atoms with E-state index in [1.165, 1.54) is 7.11 Å². The molecule has 3 atom stereocenters. The third kappa shape index (κ3) is 6.73. The molecule has 194 valence electrons. The van der Waals surface area contributed by atoms with E-state index in [2.05, 4.69) is 12.2 Å². The number of anilines is 1. The first-order valence-electron chi connectivity index (χ1n) is 12.4. The van der Waals surface area contributed by atoms with Crippen molar-refractivity contribution in [2.24, 2.45) is 11.8 Å². The first-order valence-corrected chi connectivity index (χ1v) is 12.4. The highest BCUT2D eigenvalue weighted by Gasteiger charge is 2.34. The molecular formula is C26H39N3O6. The Hall–Kier alpha value is -2.65. The number of nitrogens with zero attached hydrogens (tertiary/aromatic N) is 2. The zero-order chi connectivity index (χ0) is 25.5. The predicted octanol–water partition coefficient (Wildman–Crippen LogP) is 2.79. The zero-order valence-corrected chi connectivity index (χ0v) is 21.5. The van der Waals surface area contributed by atoms with Gasteiger partial charge in [-0.05, 0) is 31.9 Å². The molecule has 3 amide bonds. The van der Waals surface area contributed by atoms with Gasteiger partial charge in [-0.2, -0.15) is 0 Å². The molecule has 0 aromatic heterocycles. The highest BCUT2D eigenvalue weighted by atomic mass is 16.5. The van der Waals surface area contributed by atoms with Crippen molar-refractivity contribution in [3.05, 3.63) is 23.8 Å². The van der Waals surface area contributed by atoms with Crippen LogP contribution in [0.25, 0.3) is 0 Å². The van der Waals surface area contributed by atoms with Gasteiger partial charge < -0.3 is 29.3 Å². The summed E-state index contributed by atoms with van der Waals surface area (Å²) in [6.07, 6.45) is 3.80. The molecule has 1 aliphatic heterocycles. The number of carbonyl (C=O) groups excluding carboxylic acids is 3. The van der Waals surface area contributed by atoms with Gasteiger partial charge in [-0.25, -0.2) is 0 Å². The van der Waals surface area contributed by atoms with Crippen LogP contribution in [0.3, 0.4) is 0 Å². The molecule has 1 aromatic rings. The van der Waals surface area contributed by atoms with Crippen LogP contribution < -0.4 is 10.1 Å². The van der Waals surface area contributed by atoms with Gasteiger partial charge in [-0.1, -0.05) is 19.8 Å². The maximum atomic E-state index is 13.5. The first-order chi connectivity index (χ1) is 16.7. The van der Waals surface area contributed by atoms with Gasteiger partial charge in [0.1, 0.15) is 19.0 Å². The van der Waals surface area contributed by atoms with Crippen LogP contribution >= 0.6 is 0 Å². The van der Waals surface area contributed by atoms with E-state index in [-0.39, 0.29) is 54.9 Å². The topological polar surface area (TPSA) is 97.4 Å². The summed E-state index contributed by atoms with van der Waals surface area (Å²) in [6.45, 7) is 5.09. The second kappa shape index (κ2) is 12.4. The fraction of sp³-hybridized carbons (Fsp3) is 0.654. The van der Waals surface area contributed by atoms with E-state index in [0.717, 1.165) is 25.7 Å². The lowest BCUT2D eigenvalue weighted by atomic mass is 9.99. The third-order valence-corrected chi connectivity index (χ3v) is 6.99. The Morgan fingerprint density at radius 1 is 1.14 bits per heavy atom. The SMILES string of the molecule is COCC(=O)Nc1ccc2c(c1)OC[C@@H](C)N(C(=O)C1CCCC1)C[C@H](C)[C@H](OC)CN(C)C2=O. The number of benzene rings is 1. The summed E-state index contributed by atoms with van der Waals surface area (Å²) < 4.78 is 16.8. The van der Waals surface area contributed by atoms with Crippen LogP contribution in [0, 0.1) is 11.8 Å². The standard InChI is InChI=1S/C26H39N3O6/c1-17-13-29(25(31)19-8-6-7-9-19)18(2)15-35-22-12-20(27-24(30)16-33-4)10-11-21(22)26(32)28(3)14-23(17)34-5/h10-12,17-19,23H,6-9,13-16H2,1-5H3,(H,27,30)/t17-,18+,23+/m0/s1. The normalized spacial score (nSPS) is 24.3. The van der Waals surface area contributed by atoms with E-state index in [0.29, 0.717) is 30.1 Å². The average molecular weight is 490 g/mol. The number of likely N-dealkylation sites (N-methyl/N-ethyl adjacent to an activating group) is 1. The molecule has 0 bridgehead atoms. The molecule has 0 spiro atoms. The van der Waals surface area contributed by atoms with Gasteiger partial charge >= 0.3 is 0 Å². The number of hydrogen-bond acceptors (Lipinski definition) is 6. The highest BCUT2D eigenvalue weighted by molar-refractivity contribution is 5.98. The Morgan fingerprint density at radius 3 is 2.51 bits per heavy atom. The minimum absolute atomic E-state index is 0.0281. The van der Waals surface area contributed by atoms with E-state index < -0.39 is 0 Å². The third-order valence-electron chi connectivity index (χ3n) is 6.99. The van der Waals surface area contributed by atoms with Crippen molar-refractivity contribution in [3.8, 4) is 5.75 Å². The molecule has 0 radical (unpaired) electrons. The molecule has 1 aromatic carbocycles. The number of ether oxygens (including phenoxy) is 3. The summed E-state index contributed by atoms with van der Waals surface area (Å²) in [6, 6.07) is 4.77. The summed E-state index contributed by atoms with van der Waals surface area (Å²) in [5.74, 6) is 0.110. The predicted molar refractivity (Wildman–Crippen MR) is 132 cm³/mol. The van der Waals surface area contributed by atoms with Gasteiger partial charge in [0.25, 0.3) is 5.91 Å². The second-order valence-electron chi connectivity index (χ2n) is 9.76. The van der Waals surface area contributed by atoms with E-state index in [4.69, 9.17) is 14.2 Å². The summed E-state index contributed by atoms with van der Waals surface area (Å²) in [4.78, 5) is 42.3. The van der Waals surface area contributed by atoms with E-state index >= 15 is 0 Å². The fourth-order valence-corrected chi connectivity index (χ4v) is 4.89. The molecule has 35 heavy (non-hydrogen) atoms. The minimum atomic E-state index is -0.303. The Morgan fingerprint density at radius 2 is 1.86 bits per heavy atom. The summed E-state index contributed by atoms with van der Waals surface area (Å²) in [5, 5.41) is 2.75. The average Bonchev–Trinajstić information content (AvgIpc) is 3.38. The Balaban J connectivity index is 1.93. The van der Waals surface area contributed by atoms with Crippen LogP contribution in [0.4, 0.5) is 5.69 Å². The van der Waals surface area contributed by atoms with Crippen LogP contribution in [0.2, 0.25) is 0 Å². The van der Waals surface area contributed by atoms with Crippen molar-refractivity contribution in [3.63, 3.8) is 0 Å². The van der Waals surface area contributed by atoms with Crippen molar-refractivity contribution in [1.82, 2.24) is 9.80 Å². The van der Waals surface area contributed by atoms with Crippen LogP contribution in [0.15, 0.2) is 18.2 Å². The number of hydrogen-bond donors (Lipinski definition) is 1. The summed E-state index contributed by atoms with van der Waals surface area (Å²) in [7, 11) is 4.82. The van der Waals surface area contributed by atoms with Crippen LogP contribution in [0.1, 0.15) is 49.9 Å². The molecule has 1 aliphatic carbocycles. The number of nitrogens with one attached hydrogen (secondary N) is 1. The van der Waals surface area contributed by atoms with Gasteiger partial charge in [0.05, 0.1) is 17.7 Å². The number of methoxy groups -OCH3 is 2.